The van der Waals surface area contributed by atoms with Crippen LogP contribution in [0.3, 0.4) is 0 Å². The topological polar surface area (TPSA) is 49.4 Å². The van der Waals surface area contributed by atoms with E-state index in [4.69, 9.17) is 0 Å². The average molecular weight is 419 g/mol. The maximum absolute atomic E-state index is 13.1. The van der Waals surface area contributed by atoms with Gasteiger partial charge in [-0.15, -0.1) is 0 Å². The summed E-state index contributed by atoms with van der Waals surface area (Å²) in [6.07, 6.45) is 0.946. The summed E-state index contributed by atoms with van der Waals surface area (Å²) in [4.78, 5) is 26.6. The minimum absolute atomic E-state index is 0.125. The Morgan fingerprint density at radius 2 is 2.00 bits per heavy atom. The third-order valence-electron chi connectivity index (χ3n) is 4.65. The molecular weight excluding hydrogens is 399 g/mol. The van der Waals surface area contributed by atoms with Gasteiger partial charge in [0, 0.05) is 28.8 Å². The van der Waals surface area contributed by atoms with Gasteiger partial charge in [0.05, 0.1) is 5.92 Å². The SMILES string of the molecule is CCc1cc(Br)cc(C)c1NC(=O)[C@@H]1CC(=O)N(c2ccc(F)cc2)C1. The molecule has 2 aromatic rings. The molecule has 3 rings (SSSR count). The molecule has 1 N–H and O–H groups in total. The molecule has 1 aliphatic rings. The lowest BCUT2D eigenvalue weighted by atomic mass is 10.0. The molecule has 1 fully saturated rings. The fraction of sp³-hybridized carbons (Fsp3) is 0.300. The Labute approximate surface area is 160 Å². The summed E-state index contributed by atoms with van der Waals surface area (Å²) in [5, 5.41) is 3.00. The van der Waals surface area contributed by atoms with Crippen molar-refractivity contribution in [2.75, 3.05) is 16.8 Å². The zero-order valence-electron chi connectivity index (χ0n) is 14.7. The van der Waals surface area contributed by atoms with Crippen LogP contribution in [-0.4, -0.2) is 18.4 Å². The fourth-order valence-electron chi connectivity index (χ4n) is 3.25. The van der Waals surface area contributed by atoms with Gasteiger partial charge in [0.1, 0.15) is 5.82 Å². The number of halogens is 2. The predicted octanol–water partition coefficient (Wildman–Crippen LogP) is 4.45. The Hall–Kier alpha value is -2.21. The van der Waals surface area contributed by atoms with Crippen LogP contribution in [0, 0.1) is 18.7 Å². The molecule has 136 valence electrons. The third-order valence-corrected chi connectivity index (χ3v) is 5.10. The maximum Gasteiger partial charge on any atom is 0.229 e. The van der Waals surface area contributed by atoms with E-state index in [0.29, 0.717) is 12.2 Å². The molecule has 4 nitrogen and oxygen atoms in total. The van der Waals surface area contributed by atoms with Crippen molar-refractivity contribution in [2.45, 2.75) is 26.7 Å². The van der Waals surface area contributed by atoms with Crippen LogP contribution in [0.25, 0.3) is 0 Å². The number of hydrogen-bond acceptors (Lipinski definition) is 2. The number of anilines is 2. The van der Waals surface area contributed by atoms with Crippen LogP contribution in [0.5, 0.6) is 0 Å². The molecule has 2 aromatic carbocycles. The van der Waals surface area contributed by atoms with E-state index in [1.807, 2.05) is 26.0 Å². The molecule has 1 heterocycles. The van der Waals surface area contributed by atoms with Gasteiger partial charge in [0.15, 0.2) is 0 Å². The highest BCUT2D eigenvalue weighted by molar-refractivity contribution is 9.10. The van der Waals surface area contributed by atoms with E-state index in [2.05, 4.69) is 21.2 Å². The van der Waals surface area contributed by atoms with Crippen molar-refractivity contribution >= 4 is 39.1 Å². The Kier molecular flexibility index (Phi) is 5.41. The normalized spacial score (nSPS) is 16.8. The number of hydrogen-bond donors (Lipinski definition) is 1. The molecule has 26 heavy (non-hydrogen) atoms. The van der Waals surface area contributed by atoms with Gasteiger partial charge in [-0.25, -0.2) is 4.39 Å². The van der Waals surface area contributed by atoms with Gasteiger partial charge in [0.25, 0.3) is 0 Å². The molecule has 0 bridgehead atoms. The van der Waals surface area contributed by atoms with Gasteiger partial charge in [-0.2, -0.15) is 0 Å². The third kappa shape index (κ3) is 3.80. The van der Waals surface area contributed by atoms with E-state index in [1.165, 1.54) is 12.1 Å². The smallest absolute Gasteiger partial charge is 0.229 e. The number of nitrogens with zero attached hydrogens (tertiary/aromatic N) is 1. The molecule has 0 radical (unpaired) electrons. The van der Waals surface area contributed by atoms with Gasteiger partial charge in [-0.3, -0.25) is 9.59 Å². The largest absolute Gasteiger partial charge is 0.325 e. The van der Waals surface area contributed by atoms with Crippen LogP contribution in [0.4, 0.5) is 15.8 Å². The summed E-state index contributed by atoms with van der Waals surface area (Å²) in [6.45, 7) is 4.28. The van der Waals surface area contributed by atoms with Crippen LogP contribution >= 0.6 is 15.9 Å². The van der Waals surface area contributed by atoms with Crippen molar-refractivity contribution in [3.8, 4) is 0 Å². The molecule has 0 unspecified atom stereocenters. The lowest BCUT2D eigenvalue weighted by molar-refractivity contribution is -0.122. The maximum atomic E-state index is 13.1. The highest BCUT2D eigenvalue weighted by atomic mass is 79.9. The zero-order chi connectivity index (χ0) is 18.8. The highest BCUT2D eigenvalue weighted by Crippen LogP contribution is 2.29. The number of nitrogens with one attached hydrogen (secondary N) is 1. The van der Waals surface area contributed by atoms with Crippen molar-refractivity contribution in [1.29, 1.82) is 0 Å². The summed E-state index contributed by atoms with van der Waals surface area (Å²) in [5.74, 6) is -1.07. The van der Waals surface area contributed by atoms with Gasteiger partial charge in [-0.1, -0.05) is 22.9 Å². The Morgan fingerprint density at radius 1 is 1.31 bits per heavy atom. The second-order valence-electron chi connectivity index (χ2n) is 6.48. The first-order valence-electron chi connectivity index (χ1n) is 8.55. The first kappa shape index (κ1) is 18.6. The second-order valence-corrected chi connectivity index (χ2v) is 7.40. The van der Waals surface area contributed by atoms with Gasteiger partial charge in [-0.05, 0) is 60.9 Å². The first-order chi connectivity index (χ1) is 12.4. The average Bonchev–Trinajstić information content (AvgIpc) is 2.99. The predicted molar refractivity (Wildman–Crippen MR) is 104 cm³/mol. The van der Waals surface area contributed by atoms with Gasteiger partial charge >= 0.3 is 0 Å². The number of rotatable bonds is 4. The molecule has 1 aliphatic heterocycles. The van der Waals surface area contributed by atoms with Gasteiger partial charge in [0.2, 0.25) is 11.8 Å². The Balaban J connectivity index is 1.76. The zero-order valence-corrected chi connectivity index (χ0v) is 16.3. The molecule has 1 saturated heterocycles. The monoisotopic (exact) mass is 418 g/mol. The van der Waals surface area contributed by atoms with E-state index in [-0.39, 0.29) is 24.1 Å². The lowest BCUT2D eigenvalue weighted by Crippen LogP contribution is -2.28. The van der Waals surface area contributed by atoms with E-state index in [1.54, 1.807) is 17.0 Å². The molecule has 0 spiro atoms. The minimum Gasteiger partial charge on any atom is -0.325 e. The molecule has 6 heteroatoms. The van der Waals surface area contributed by atoms with Crippen molar-refractivity contribution in [1.82, 2.24) is 0 Å². The van der Waals surface area contributed by atoms with Crippen molar-refractivity contribution in [2.24, 2.45) is 5.92 Å². The van der Waals surface area contributed by atoms with Crippen molar-refractivity contribution < 1.29 is 14.0 Å². The first-order valence-corrected chi connectivity index (χ1v) is 9.34. The van der Waals surface area contributed by atoms with Crippen LogP contribution in [0.15, 0.2) is 40.9 Å². The molecular formula is C20H20BrFN2O2. The standard InChI is InChI=1S/C20H20BrFN2O2/c1-3-13-9-15(21)8-12(2)19(13)23-20(26)14-10-18(25)24(11-14)17-6-4-16(22)5-7-17/h4-9,14H,3,10-11H2,1-2H3,(H,23,26)/t14-/m1/s1. The quantitative estimate of drug-likeness (QED) is 0.796. The Morgan fingerprint density at radius 3 is 2.65 bits per heavy atom. The summed E-state index contributed by atoms with van der Waals surface area (Å²) >= 11 is 3.48. The number of amides is 2. The summed E-state index contributed by atoms with van der Waals surface area (Å²) in [6, 6.07) is 9.69. The molecule has 0 saturated carbocycles. The summed E-state index contributed by atoms with van der Waals surface area (Å²) in [5.41, 5.74) is 3.45. The minimum atomic E-state index is -0.430. The number of aryl methyl sites for hydroxylation is 2. The van der Waals surface area contributed by atoms with Crippen LogP contribution in [-0.2, 0) is 16.0 Å². The van der Waals surface area contributed by atoms with E-state index in [9.17, 15) is 14.0 Å². The fourth-order valence-corrected chi connectivity index (χ4v) is 3.87. The van der Waals surface area contributed by atoms with Crippen LogP contribution in [0.1, 0.15) is 24.5 Å². The van der Waals surface area contributed by atoms with Crippen LogP contribution in [0.2, 0.25) is 0 Å². The number of carbonyl (C=O) groups is 2. The summed E-state index contributed by atoms with van der Waals surface area (Å²) in [7, 11) is 0. The van der Waals surface area contributed by atoms with E-state index < -0.39 is 5.92 Å². The molecule has 1 atom stereocenters. The van der Waals surface area contributed by atoms with E-state index in [0.717, 1.165) is 27.7 Å². The molecule has 2 amide bonds. The Bertz CT molecular complexity index is 852. The second kappa shape index (κ2) is 7.58. The van der Waals surface area contributed by atoms with Crippen molar-refractivity contribution in [3.05, 3.63) is 57.8 Å². The van der Waals surface area contributed by atoms with Gasteiger partial charge < -0.3 is 10.2 Å². The highest BCUT2D eigenvalue weighted by Gasteiger charge is 2.35. The number of carbonyl (C=O) groups excluding carboxylic acids is 2. The lowest BCUT2D eigenvalue weighted by Gasteiger charge is -2.18. The van der Waals surface area contributed by atoms with Crippen LogP contribution < -0.4 is 10.2 Å². The van der Waals surface area contributed by atoms with E-state index >= 15 is 0 Å². The van der Waals surface area contributed by atoms with Crippen molar-refractivity contribution in [3.63, 3.8) is 0 Å². The summed E-state index contributed by atoms with van der Waals surface area (Å²) < 4.78 is 14.1. The molecule has 0 aromatic heterocycles. The molecule has 0 aliphatic carbocycles. The number of benzene rings is 2.